The first-order valence-corrected chi connectivity index (χ1v) is 24.7. The highest BCUT2D eigenvalue weighted by Crippen LogP contribution is 2.68. The Morgan fingerprint density at radius 3 is 1.35 bits per heavy atom. The molecule has 0 heteroatoms. The first-order chi connectivity index (χ1) is 34.2. The average Bonchev–Trinajstić information content (AvgIpc) is 4.09. The van der Waals surface area contributed by atoms with Crippen molar-refractivity contribution in [3.05, 3.63) is 310 Å². The zero-order chi connectivity index (χ0) is 49.0. The van der Waals surface area contributed by atoms with Crippen LogP contribution in [-0.4, -0.2) is 0 Å². The molecule has 4 aliphatic carbocycles. The van der Waals surface area contributed by atoms with E-state index in [9.17, 15) is 0 Å². The van der Waals surface area contributed by atoms with E-state index in [2.05, 4.69) is 252 Å². The van der Waals surface area contributed by atoms with Crippen LogP contribution in [0.25, 0.3) is 50.2 Å². The van der Waals surface area contributed by atoms with Crippen molar-refractivity contribution in [1.82, 2.24) is 0 Å². The summed E-state index contributed by atoms with van der Waals surface area (Å²) in [6.07, 6.45) is 11.5. The van der Waals surface area contributed by atoms with E-state index in [1.807, 2.05) is 39.8 Å². The van der Waals surface area contributed by atoms with E-state index in [4.69, 9.17) is 0 Å². The van der Waals surface area contributed by atoms with Gasteiger partial charge < -0.3 is 0 Å². The lowest BCUT2D eigenvalue weighted by atomic mass is 9.52. The molecule has 8 aromatic carbocycles. The SMILES string of the molecule is C.C=C(C)C.C=CC1=C(/C=C(\C)c2c(C)ccc3ccccc23)C2(C3=C(C=C=C3)C13c1ccccc1-c1ccccc13)c1ccccc1-c1ccccc12.CC.CC(=Cc1ccccc1)c1ccccc1. The maximum Gasteiger partial charge on any atom is 0.0726 e. The van der Waals surface area contributed by atoms with Crippen molar-refractivity contribution in [2.24, 2.45) is 0 Å². The molecule has 0 saturated carbocycles. The molecule has 0 unspecified atom stereocenters. The van der Waals surface area contributed by atoms with E-state index in [-0.39, 0.29) is 7.43 Å². The van der Waals surface area contributed by atoms with Gasteiger partial charge in [0.25, 0.3) is 0 Å². The average molecular weight is 919 g/mol. The van der Waals surface area contributed by atoms with E-state index in [0.717, 1.165) is 0 Å². The van der Waals surface area contributed by atoms with Gasteiger partial charge >= 0.3 is 0 Å². The number of hydrogen-bond donors (Lipinski definition) is 0. The molecule has 12 rings (SSSR count). The second kappa shape index (κ2) is 20.9. The molecule has 0 aromatic heterocycles. The van der Waals surface area contributed by atoms with Gasteiger partial charge in [-0.25, -0.2) is 0 Å². The summed E-state index contributed by atoms with van der Waals surface area (Å²) in [5.74, 6) is 0. The monoisotopic (exact) mass is 919 g/mol. The Morgan fingerprint density at radius 1 is 0.465 bits per heavy atom. The van der Waals surface area contributed by atoms with E-state index in [0.29, 0.717) is 0 Å². The van der Waals surface area contributed by atoms with Crippen LogP contribution in [-0.2, 0) is 10.8 Å². The summed E-state index contributed by atoms with van der Waals surface area (Å²) in [5.41, 5.74) is 26.9. The highest BCUT2D eigenvalue weighted by molar-refractivity contribution is 5.99. The third-order valence-electron chi connectivity index (χ3n) is 14.1. The maximum absolute atomic E-state index is 4.67. The second-order valence-electron chi connectivity index (χ2n) is 18.6. The summed E-state index contributed by atoms with van der Waals surface area (Å²) >= 11 is 0. The van der Waals surface area contributed by atoms with Gasteiger partial charge in [0.2, 0.25) is 0 Å². The molecule has 0 radical (unpaired) electrons. The molecule has 71 heavy (non-hydrogen) atoms. The summed E-state index contributed by atoms with van der Waals surface area (Å²) in [6.45, 7) is 22.9. The Morgan fingerprint density at radius 2 is 0.873 bits per heavy atom. The van der Waals surface area contributed by atoms with Gasteiger partial charge in [-0.05, 0) is 158 Å². The Labute approximate surface area is 424 Å². The van der Waals surface area contributed by atoms with Crippen LogP contribution in [0.2, 0.25) is 0 Å². The molecule has 0 aliphatic heterocycles. The zero-order valence-electron chi connectivity index (χ0n) is 41.8. The highest BCUT2D eigenvalue weighted by atomic mass is 14.6. The molecule has 0 amide bonds. The van der Waals surface area contributed by atoms with Gasteiger partial charge in [0.1, 0.15) is 0 Å². The van der Waals surface area contributed by atoms with Gasteiger partial charge in [-0.2, -0.15) is 0 Å². The topological polar surface area (TPSA) is 0 Å². The van der Waals surface area contributed by atoms with Crippen molar-refractivity contribution < 1.29 is 0 Å². The smallest absolute Gasteiger partial charge is 0.0726 e. The number of hydrogen-bond acceptors (Lipinski definition) is 0. The molecule has 0 atom stereocenters. The second-order valence-corrected chi connectivity index (χ2v) is 18.6. The fourth-order valence-corrected chi connectivity index (χ4v) is 11.5. The summed E-state index contributed by atoms with van der Waals surface area (Å²) in [5, 5.41) is 2.54. The van der Waals surface area contributed by atoms with Crippen molar-refractivity contribution in [3.63, 3.8) is 0 Å². The molecule has 0 heterocycles. The number of benzene rings is 8. The number of rotatable bonds is 5. The van der Waals surface area contributed by atoms with Gasteiger partial charge in [-0.3, -0.25) is 0 Å². The van der Waals surface area contributed by atoms with Crippen LogP contribution >= 0.6 is 0 Å². The fraction of sp³-hybridized carbons (Fsp3) is 0.141. The van der Waals surface area contributed by atoms with Crippen molar-refractivity contribution in [3.8, 4) is 22.3 Å². The van der Waals surface area contributed by atoms with E-state index < -0.39 is 10.8 Å². The number of aryl methyl sites for hydroxylation is 1. The first kappa shape index (κ1) is 49.4. The minimum Gasteiger partial charge on any atom is -0.120 e. The molecular weight excluding hydrogens is 853 g/mol. The van der Waals surface area contributed by atoms with Crippen LogP contribution in [0.4, 0.5) is 0 Å². The van der Waals surface area contributed by atoms with Gasteiger partial charge in [-0.15, -0.1) is 12.3 Å². The molecule has 0 N–H and O–H groups in total. The van der Waals surface area contributed by atoms with Gasteiger partial charge in [0.05, 0.1) is 10.8 Å². The van der Waals surface area contributed by atoms with Crippen LogP contribution in [0.3, 0.4) is 0 Å². The van der Waals surface area contributed by atoms with E-state index >= 15 is 0 Å². The fourth-order valence-electron chi connectivity index (χ4n) is 11.5. The third-order valence-corrected chi connectivity index (χ3v) is 14.1. The minimum atomic E-state index is -0.552. The molecule has 0 saturated heterocycles. The van der Waals surface area contributed by atoms with Crippen LogP contribution in [0.5, 0.6) is 0 Å². The van der Waals surface area contributed by atoms with Crippen LogP contribution < -0.4 is 0 Å². The van der Waals surface area contributed by atoms with Crippen molar-refractivity contribution in [2.45, 2.75) is 66.7 Å². The van der Waals surface area contributed by atoms with Gasteiger partial charge in [0, 0.05) is 0 Å². The largest absolute Gasteiger partial charge is 0.120 e. The van der Waals surface area contributed by atoms with Crippen LogP contribution in [0.1, 0.15) is 93.5 Å². The van der Waals surface area contributed by atoms with E-state index in [1.165, 1.54) is 117 Å². The summed E-state index contributed by atoms with van der Waals surface area (Å²) in [6, 6.07) is 70.2. The first-order valence-electron chi connectivity index (χ1n) is 24.7. The number of allylic oxidation sites excluding steroid dienone is 10. The molecule has 0 bridgehead atoms. The number of fused-ring (bicyclic) bond motifs is 13. The summed E-state index contributed by atoms with van der Waals surface area (Å²) < 4.78 is 0. The van der Waals surface area contributed by atoms with Crippen molar-refractivity contribution >= 4 is 28.0 Å². The Balaban J connectivity index is 0.000000258. The van der Waals surface area contributed by atoms with E-state index in [1.54, 1.807) is 0 Å². The van der Waals surface area contributed by atoms with Gasteiger partial charge in [-0.1, -0.05) is 246 Å². The Bertz CT molecular complexity index is 3400. The quantitative estimate of drug-likeness (QED) is 0.0917. The standard InChI is InChI=1S/C49H34.C15H14.C4H8.C2H6.CH4/c1-4-39-46(30-32(3)47-31(2)28-29-33-16-5-6-17-34(33)47)49(42-24-13-9-20-37(42)38-21-10-14-25-43(38)49)45-27-15-26-44(45)48(39)40-22-11-7-18-35(40)36-19-8-12-23-41(36)48;1-13(15-10-6-3-7-11-15)12-14-8-4-2-5-9-14;1-4(2)3;1-2;/h4-14,16-30H,1H2,2-3H3;2-12H,1H3;1H2,2-3H3;1-2H3;1H4/b32-30+;;;;. The normalized spacial score (nSPS) is 14.6. The van der Waals surface area contributed by atoms with Crippen LogP contribution in [0.15, 0.2) is 265 Å². The predicted octanol–water partition coefficient (Wildman–Crippen LogP) is 19.5. The molecule has 8 aromatic rings. The predicted molar refractivity (Wildman–Crippen MR) is 310 cm³/mol. The maximum atomic E-state index is 4.67. The third kappa shape index (κ3) is 8.29. The lowest BCUT2D eigenvalue weighted by Crippen LogP contribution is -2.42. The lowest BCUT2D eigenvalue weighted by molar-refractivity contribution is 0.643. The van der Waals surface area contributed by atoms with Crippen molar-refractivity contribution in [1.29, 1.82) is 0 Å². The molecule has 0 fully saturated rings. The highest BCUT2D eigenvalue weighted by Gasteiger charge is 2.59. The zero-order valence-corrected chi connectivity index (χ0v) is 41.8. The lowest BCUT2D eigenvalue weighted by Gasteiger charge is -2.48. The minimum absolute atomic E-state index is 0. The Kier molecular flexibility index (Phi) is 14.6. The summed E-state index contributed by atoms with van der Waals surface area (Å²) in [7, 11) is 0. The van der Waals surface area contributed by atoms with Crippen LogP contribution in [0, 0.1) is 6.92 Å². The summed E-state index contributed by atoms with van der Waals surface area (Å²) in [4.78, 5) is 0. The molecule has 350 valence electrons. The molecular formula is C71H66. The molecule has 4 aliphatic rings. The molecule has 2 spiro atoms. The molecule has 0 nitrogen and oxygen atoms in total. The van der Waals surface area contributed by atoms with Gasteiger partial charge in [0.15, 0.2) is 0 Å². The Hall–Kier alpha value is -8.02. The van der Waals surface area contributed by atoms with Crippen molar-refractivity contribution in [2.75, 3.05) is 0 Å².